The van der Waals surface area contributed by atoms with Crippen molar-refractivity contribution in [1.29, 1.82) is 0 Å². The Morgan fingerprint density at radius 1 is 1.30 bits per heavy atom. The molecule has 5 N–H and O–H groups in total. The number of piperazine rings is 1. The summed E-state index contributed by atoms with van der Waals surface area (Å²) in [7, 11) is 0. The van der Waals surface area contributed by atoms with E-state index in [-0.39, 0.29) is 12.1 Å². The quantitative estimate of drug-likeness (QED) is 0.692. The maximum absolute atomic E-state index is 5.90. The molecule has 0 spiro atoms. The van der Waals surface area contributed by atoms with Crippen molar-refractivity contribution < 1.29 is 9.47 Å². The van der Waals surface area contributed by atoms with E-state index in [0.717, 1.165) is 36.8 Å². The van der Waals surface area contributed by atoms with E-state index in [1.165, 1.54) is 0 Å². The van der Waals surface area contributed by atoms with E-state index < -0.39 is 0 Å². The summed E-state index contributed by atoms with van der Waals surface area (Å²) in [5.74, 6) is 1.59. The zero-order valence-electron chi connectivity index (χ0n) is 11.5. The molecule has 1 saturated heterocycles. The first-order valence-electron chi connectivity index (χ1n) is 7.13. The third-order valence-corrected chi connectivity index (χ3v) is 3.86. The first-order chi connectivity index (χ1) is 9.83. The van der Waals surface area contributed by atoms with E-state index in [9.17, 15) is 0 Å². The SMILES string of the molecule is NCC1COc2c(cccc2N2CCNCC2CN)O1. The number of nitrogens with one attached hydrogen (secondary N) is 1. The third kappa shape index (κ3) is 2.42. The summed E-state index contributed by atoms with van der Waals surface area (Å²) in [6.07, 6.45) is -0.0638. The lowest BCUT2D eigenvalue weighted by molar-refractivity contribution is 0.0971. The molecule has 110 valence electrons. The lowest BCUT2D eigenvalue weighted by Crippen LogP contribution is -2.54. The first kappa shape index (κ1) is 13.5. The molecule has 6 heteroatoms. The second kappa shape index (κ2) is 5.87. The number of para-hydroxylation sites is 1. The molecule has 1 aromatic carbocycles. The molecule has 0 bridgehead atoms. The molecule has 0 aromatic heterocycles. The standard InChI is InChI=1S/C14H22N4O2/c15-6-10-8-17-4-5-18(10)12-2-1-3-13-14(12)19-9-11(7-16)20-13/h1-3,10-11,17H,4-9,15-16H2. The lowest BCUT2D eigenvalue weighted by atomic mass is 10.1. The van der Waals surface area contributed by atoms with Gasteiger partial charge in [0.1, 0.15) is 12.7 Å². The van der Waals surface area contributed by atoms with Crippen molar-refractivity contribution in [3.63, 3.8) is 0 Å². The van der Waals surface area contributed by atoms with Gasteiger partial charge in [-0.3, -0.25) is 0 Å². The average molecular weight is 278 g/mol. The van der Waals surface area contributed by atoms with Crippen molar-refractivity contribution in [2.24, 2.45) is 11.5 Å². The van der Waals surface area contributed by atoms with Gasteiger partial charge in [-0.25, -0.2) is 0 Å². The van der Waals surface area contributed by atoms with Crippen molar-refractivity contribution >= 4 is 5.69 Å². The number of benzene rings is 1. The third-order valence-electron chi connectivity index (χ3n) is 3.86. The number of nitrogens with two attached hydrogens (primary N) is 2. The monoisotopic (exact) mass is 278 g/mol. The number of ether oxygens (including phenoxy) is 2. The van der Waals surface area contributed by atoms with Gasteiger partial charge in [0.25, 0.3) is 0 Å². The molecule has 0 aliphatic carbocycles. The summed E-state index contributed by atoms with van der Waals surface area (Å²) in [5, 5.41) is 3.37. The van der Waals surface area contributed by atoms with E-state index in [2.05, 4.69) is 16.3 Å². The highest BCUT2D eigenvalue weighted by molar-refractivity contribution is 5.66. The highest BCUT2D eigenvalue weighted by Gasteiger charge is 2.28. The van der Waals surface area contributed by atoms with Gasteiger partial charge in [-0.05, 0) is 12.1 Å². The molecule has 0 amide bonds. The van der Waals surface area contributed by atoms with Crippen LogP contribution in [0.1, 0.15) is 0 Å². The Morgan fingerprint density at radius 3 is 3.00 bits per heavy atom. The molecule has 2 atom stereocenters. The van der Waals surface area contributed by atoms with Crippen LogP contribution in [0.5, 0.6) is 11.5 Å². The van der Waals surface area contributed by atoms with Crippen LogP contribution < -0.4 is 31.2 Å². The minimum Gasteiger partial charge on any atom is -0.484 e. The predicted molar refractivity (Wildman–Crippen MR) is 78.5 cm³/mol. The largest absolute Gasteiger partial charge is 0.484 e. The molecular weight excluding hydrogens is 256 g/mol. The second-order valence-corrected chi connectivity index (χ2v) is 5.18. The number of hydrogen-bond donors (Lipinski definition) is 3. The molecule has 2 aliphatic heterocycles. The van der Waals surface area contributed by atoms with Gasteiger partial charge in [0, 0.05) is 32.7 Å². The van der Waals surface area contributed by atoms with E-state index in [0.29, 0.717) is 19.7 Å². The van der Waals surface area contributed by atoms with Crippen LogP contribution in [0.15, 0.2) is 18.2 Å². The molecular formula is C14H22N4O2. The van der Waals surface area contributed by atoms with Gasteiger partial charge >= 0.3 is 0 Å². The normalized spacial score (nSPS) is 25.6. The second-order valence-electron chi connectivity index (χ2n) is 5.18. The number of fused-ring (bicyclic) bond motifs is 1. The summed E-state index contributed by atoms with van der Waals surface area (Å²) in [5.41, 5.74) is 12.6. The number of nitrogens with zero attached hydrogens (tertiary/aromatic N) is 1. The van der Waals surface area contributed by atoms with Crippen LogP contribution in [0.25, 0.3) is 0 Å². The minimum atomic E-state index is -0.0638. The smallest absolute Gasteiger partial charge is 0.184 e. The molecule has 0 saturated carbocycles. The fourth-order valence-corrected chi connectivity index (χ4v) is 2.76. The number of anilines is 1. The molecule has 1 fully saturated rings. The molecule has 2 aliphatic rings. The maximum atomic E-state index is 5.90. The zero-order valence-corrected chi connectivity index (χ0v) is 11.5. The van der Waals surface area contributed by atoms with Crippen molar-refractivity contribution in [3.8, 4) is 11.5 Å². The molecule has 3 rings (SSSR count). The highest BCUT2D eigenvalue weighted by atomic mass is 16.6. The molecule has 1 aromatic rings. The van der Waals surface area contributed by atoms with Crippen LogP contribution in [0.4, 0.5) is 5.69 Å². The Morgan fingerprint density at radius 2 is 2.20 bits per heavy atom. The number of rotatable bonds is 3. The average Bonchev–Trinajstić information content (AvgIpc) is 2.53. The van der Waals surface area contributed by atoms with Crippen molar-refractivity contribution in [2.45, 2.75) is 12.1 Å². The van der Waals surface area contributed by atoms with Gasteiger partial charge in [0.2, 0.25) is 0 Å². The maximum Gasteiger partial charge on any atom is 0.184 e. The van der Waals surface area contributed by atoms with Gasteiger partial charge in [-0.15, -0.1) is 0 Å². The van der Waals surface area contributed by atoms with Crippen LogP contribution in [-0.2, 0) is 0 Å². The Hall–Kier alpha value is -1.50. The molecule has 2 heterocycles. The summed E-state index contributed by atoms with van der Waals surface area (Å²) < 4.78 is 11.8. The Kier molecular flexibility index (Phi) is 3.95. The van der Waals surface area contributed by atoms with E-state index in [1.807, 2.05) is 12.1 Å². The topological polar surface area (TPSA) is 85.8 Å². The fraction of sp³-hybridized carbons (Fsp3) is 0.571. The molecule has 6 nitrogen and oxygen atoms in total. The van der Waals surface area contributed by atoms with Gasteiger partial charge in [0.15, 0.2) is 11.5 Å². The molecule has 20 heavy (non-hydrogen) atoms. The predicted octanol–water partition coefficient (Wildman–Crippen LogP) is -0.478. The molecule has 2 unspecified atom stereocenters. The highest BCUT2D eigenvalue weighted by Crippen LogP contribution is 2.41. The van der Waals surface area contributed by atoms with Crippen LogP contribution in [0.3, 0.4) is 0 Å². The van der Waals surface area contributed by atoms with E-state index in [1.54, 1.807) is 0 Å². The fourth-order valence-electron chi connectivity index (χ4n) is 2.76. The van der Waals surface area contributed by atoms with E-state index >= 15 is 0 Å². The van der Waals surface area contributed by atoms with Crippen LogP contribution in [0, 0.1) is 0 Å². The first-order valence-corrected chi connectivity index (χ1v) is 7.13. The van der Waals surface area contributed by atoms with Crippen LogP contribution in [0.2, 0.25) is 0 Å². The lowest BCUT2D eigenvalue weighted by Gasteiger charge is -2.39. The van der Waals surface area contributed by atoms with Crippen LogP contribution in [-0.4, -0.2) is 51.5 Å². The Balaban J connectivity index is 1.90. The zero-order chi connectivity index (χ0) is 13.9. The minimum absolute atomic E-state index is 0.0638. The van der Waals surface area contributed by atoms with Gasteiger partial charge < -0.3 is 31.2 Å². The van der Waals surface area contributed by atoms with Crippen molar-refractivity contribution in [1.82, 2.24) is 5.32 Å². The van der Waals surface area contributed by atoms with Gasteiger partial charge in [-0.1, -0.05) is 6.07 Å². The Labute approximate surface area is 119 Å². The summed E-state index contributed by atoms with van der Waals surface area (Å²) in [6.45, 7) is 4.34. The van der Waals surface area contributed by atoms with Crippen molar-refractivity contribution in [3.05, 3.63) is 18.2 Å². The van der Waals surface area contributed by atoms with Gasteiger partial charge in [0.05, 0.1) is 11.7 Å². The van der Waals surface area contributed by atoms with Crippen LogP contribution >= 0.6 is 0 Å². The van der Waals surface area contributed by atoms with Gasteiger partial charge in [-0.2, -0.15) is 0 Å². The summed E-state index contributed by atoms with van der Waals surface area (Å²) >= 11 is 0. The molecule has 0 radical (unpaired) electrons. The van der Waals surface area contributed by atoms with E-state index in [4.69, 9.17) is 20.9 Å². The summed E-state index contributed by atoms with van der Waals surface area (Å²) in [6, 6.07) is 6.27. The summed E-state index contributed by atoms with van der Waals surface area (Å²) in [4.78, 5) is 2.31. The van der Waals surface area contributed by atoms with Crippen molar-refractivity contribution in [2.75, 3.05) is 44.2 Å². The number of hydrogen-bond acceptors (Lipinski definition) is 6. The Bertz CT molecular complexity index is 468.